The topological polar surface area (TPSA) is 83.5 Å². The molecule has 0 aromatic heterocycles. The second-order valence-electron chi connectivity index (χ2n) is 3.80. The summed E-state index contributed by atoms with van der Waals surface area (Å²) >= 11 is 0. The highest BCUT2D eigenvalue weighted by molar-refractivity contribution is 7.92. The lowest BCUT2D eigenvalue weighted by Crippen LogP contribution is -2.13. The predicted octanol–water partition coefficient (Wildman–Crippen LogP) is 4.24. The van der Waals surface area contributed by atoms with Crippen molar-refractivity contribution >= 4 is 21.7 Å². The van der Waals surface area contributed by atoms with Crippen molar-refractivity contribution in [2.75, 3.05) is 4.72 Å². The van der Waals surface area contributed by atoms with Crippen LogP contribution in [0.1, 0.15) is 38.1 Å². The third-order valence-corrected chi connectivity index (χ3v) is 3.80. The number of aromatic carboxylic acids is 1. The minimum Gasteiger partial charge on any atom is -0.478 e. The number of anilines is 1. The molecule has 2 aromatic rings. The van der Waals surface area contributed by atoms with Gasteiger partial charge >= 0.3 is 5.97 Å². The Labute approximate surface area is 138 Å². The van der Waals surface area contributed by atoms with Crippen molar-refractivity contribution in [3.05, 3.63) is 60.2 Å². The third-order valence-electron chi connectivity index (χ3n) is 2.42. The quantitative estimate of drug-likeness (QED) is 0.874. The van der Waals surface area contributed by atoms with Crippen LogP contribution in [0.4, 0.5) is 5.69 Å². The summed E-state index contributed by atoms with van der Waals surface area (Å²) < 4.78 is 26.5. The van der Waals surface area contributed by atoms with E-state index in [0.717, 1.165) is 6.07 Å². The van der Waals surface area contributed by atoms with Crippen LogP contribution in [-0.2, 0) is 10.0 Å². The van der Waals surface area contributed by atoms with Crippen LogP contribution in [0, 0.1) is 0 Å². The zero-order valence-corrected chi connectivity index (χ0v) is 14.6. The molecule has 0 fully saturated rings. The predicted molar refractivity (Wildman–Crippen MR) is 93.3 cm³/mol. The molecule has 0 spiro atoms. The first kappa shape index (κ1) is 20.7. The fraction of sp³-hybridized carbons (Fsp3) is 0.235. The smallest absolute Gasteiger partial charge is 0.335 e. The fourth-order valence-corrected chi connectivity index (χ4v) is 2.62. The van der Waals surface area contributed by atoms with Gasteiger partial charge in [-0.2, -0.15) is 0 Å². The molecule has 0 saturated carbocycles. The van der Waals surface area contributed by atoms with Crippen molar-refractivity contribution in [2.24, 2.45) is 0 Å². The molecule has 2 N–H and O–H groups in total. The number of hydrogen-bond donors (Lipinski definition) is 2. The van der Waals surface area contributed by atoms with Crippen LogP contribution in [0.2, 0.25) is 0 Å². The van der Waals surface area contributed by atoms with Crippen molar-refractivity contribution < 1.29 is 18.3 Å². The molecule has 6 heteroatoms. The molecule has 0 atom stereocenters. The Bertz CT molecular complexity index is 698. The molecule has 0 saturated heterocycles. The van der Waals surface area contributed by atoms with Gasteiger partial charge in [0.15, 0.2) is 0 Å². The molecule has 2 rings (SSSR count). The van der Waals surface area contributed by atoms with Gasteiger partial charge < -0.3 is 5.11 Å². The van der Waals surface area contributed by atoms with Crippen molar-refractivity contribution in [2.45, 2.75) is 32.6 Å². The van der Waals surface area contributed by atoms with E-state index in [0.29, 0.717) is 5.69 Å². The molecule has 0 aliphatic rings. The highest BCUT2D eigenvalue weighted by atomic mass is 32.2. The van der Waals surface area contributed by atoms with Crippen molar-refractivity contribution in [1.29, 1.82) is 0 Å². The van der Waals surface area contributed by atoms with Crippen LogP contribution in [0.25, 0.3) is 0 Å². The molecule has 0 bridgehead atoms. The van der Waals surface area contributed by atoms with E-state index in [4.69, 9.17) is 5.11 Å². The first-order chi connectivity index (χ1) is 11.0. The number of sulfonamides is 1. The summed E-state index contributed by atoms with van der Waals surface area (Å²) in [6.45, 7) is 8.00. The first-order valence-electron chi connectivity index (χ1n) is 7.40. The Morgan fingerprint density at radius 2 is 1.48 bits per heavy atom. The summed E-state index contributed by atoms with van der Waals surface area (Å²) in [5, 5.41) is 8.85. The maximum atomic E-state index is 12.1. The summed E-state index contributed by atoms with van der Waals surface area (Å²) in [7, 11) is -3.78. The zero-order valence-electron chi connectivity index (χ0n) is 13.8. The second kappa shape index (κ2) is 10.4. The number of carbonyl (C=O) groups is 1. The van der Waals surface area contributed by atoms with Gasteiger partial charge in [0.25, 0.3) is 10.0 Å². The minimum absolute atomic E-state index is 0.0732. The van der Waals surface area contributed by atoms with E-state index in [9.17, 15) is 13.2 Å². The molecule has 0 amide bonds. The van der Waals surface area contributed by atoms with Crippen LogP contribution in [0.3, 0.4) is 0 Å². The first-order valence-corrected chi connectivity index (χ1v) is 8.88. The van der Waals surface area contributed by atoms with E-state index in [1.807, 2.05) is 27.7 Å². The second-order valence-corrected chi connectivity index (χ2v) is 5.49. The average Bonchev–Trinajstić information content (AvgIpc) is 2.59. The van der Waals surface area contributed by atoms with Crippen LogP contribution in [-0.4, -0.2) is 19.5 Å². The Morgan fingerprint density at radius 3 is 2.00 bits per heavy atom. The molecular weight excluding hydrogens is 314 g/mol. The van der Waals surface area contributed by atoms with E-state index < -0.39 is 16.0 Å². The Kier molecular flexibility index (Phi) is 9.34. The van der Waals surface area contributed by atoms with Gasteiger partial charge in [-0.1, -0.05) is 52.0 Å². The third kappa shape index (κ3) is 6.52. The molecule has 2 aromatic carbocycles. The molecule has 0 radical (unpaired) electrons. The van der Waals surface area contributed by atoms with Crippen LogP contribution in [0.5, 0.6) is 0 Å². The summed E-state index contributed by atoms with van der Waals surface area (Å²) in [5.74, 6) is -1.17. The van der Waals surface area contributed by atoms with Gasteiger partial charge in [-0.15, -0.1) is 0 Å². The summed E-state index contributed by atoms with van der Waals surface area (Å²) in [5.41, 5.74) is 0.346. The lowest BCUT2D eigenvalue weighted by molar-refractivity contribution is 0.0696. The van der Waals surface area contributed by atoms with Gasteiger partial charge in [-0.05, 0) is 30.3 Å². The molecule has 0 aliphatic heterocycles. The van der Waals surface area contributed by atoms with Gasteiger partial charge in [0, 0.05) is 5.69 Å². The van der Waals surface area contributed by atoms with E-state index >= 15 is 0 Å². The lowest BCUT2D eigenvalue weighted by Gasteiger charge is -2.08. The Hall–Kier alpha value is -2.34. The van der Waals surface area contributed by atoms with Crippen molar-refractivity contribution in [3.63, 3.8) is 0 Å². The Balaban J connectivity index is 0.00000112. The molecule has 0 unspecified atom stereocenters. The standard InChI is InChI=1S/C13H11NO4S.2C2H6/c15-13(16)10-5-4-8-12(9-10)19(17,18)14-11-6-2-1-3-7-11;2*1-2/h1-9,14H,(H,15,16);2*1-2H3. The average molecular weight is 337 g/mol. The number of carboxylic acids is 1. The van der Waals surface area contributed by atoms with Crippen LogP contribution >= 0.6 is 0 Å². The summed E-state index contributed by atoms with van der Waals surface area (Å²) in [4.78, 5) is 10.7. The number of carboxylic acid groups (broad SMARTS) is 1. The highest BCUT2D eigenvalue weighted by Crippen LogP contribution is 2.16. The Morgan fingerprint density at radius 1 is 0.913 bits per heavy atom. The van der Waals surface area contributed by atoms with Gasteiger partial charge in [-0.25, -0.2) is 13.2 Å². The van der Waals surface area contributed by atoms with Gasteiger partial charge in [0.1, 0.15) is 0 Å². The minimum atomic E-state index is -3.78. The van der Waals surface area contributed by atoms with E-state index in [1.54, 1.807) is 30.3 Å². The van der Waals surface area contributed by atoms with E-state index in [-0.39, 0.29) is 10.5 Å². The fourth-order valence-electron chi connectivity index (χ4n) is 1.52. The summed E-state index contributed by atoms with van der Waals surface area (Å²) in [6.07, 6.45) is 0. The monoisotopic (exact) mass is 337 g/mol. The zero-order chi connectivity index (χ0) is 17.9. The highest BCUT2D eigenvalue weighted by Gasteiger charge is 2.15. The maximum absolute atomic E-state index is 12.1. The van der Waals surface area contributed by atoms with E-state index in [1.165, 1.54) is 18.2 Å². The number of para-hydroxylation sites is 1. The van der Waals surface area contributed by atoms with E-state index in [2.05, 4.69) is 4.72 Å². The van der Waals surface area contributed by atoms with Crippen LogP contribution < -0.4 is 4.72 Å². The number of nitrogens with one attached hydrogen (secondary N) is 1. The molecule has 0 aliphatic carbocycles. The molecule has 5 nitrogen and oxygen atoms in total. The molecule has 23 heavy (non-hydrogen) atoms. The van der Waals surface area contributed by atoms with Gasteiger partial charge in [0.2, 0.25) is 0 Å². The number of rotatable bonds is 4. The number of hydrogen-bond acceptors (Lipinski definition) is 3. The normalized spacial score (nSPS) is 9.57. The lowest BCUT2D eigenvalue weighted by atomic mass is 10.2. The van der Waals surface area contributed by atoms with Gasteiger partial charge in [0.05, 0.1) is 10.5 Å². The molecule has 0 heterocycles. The number of benzene rings is 2. The summed E-state index contributed by atoms with van der Waals surface area (Å²) in [6, 6.07) is 13.6. The van der Waals surface area contributed by atoms with Gasteiger partial charge in [-0.3, -0.25) is 4.72 Å². The maximum Gasteiger partial charge on any atom is 0.335 e. The SMILES string of the molecule is CC.CC.O=C(O)c1cccc(S(=O)(=O)Nc2ccccc2)c1. The largest absolute Gasteiger partial charge is 0.478 e. The molecular formula is C17H23NO4S. The van der Waals surface area contributed by atoms with Crippen molar-refractivity contribution in [1.82, 2.24) is 0 Å². The van der Waals surface area contributed by atoms with Crippen molar-refractivity contribution in [3.8, 4) is 0 Å². The van der Waals surface area contributed by atoms with Crippen LogP contribution in [0.15, 0.2) is 59.5 Å². The molecule has 126 valence electrons.